The number of hydrogen-bond acceptors (Lipinski definition) is 3. The molecule has 2 N–H and O–H groups in total. The highest BCUT2D eigenvalue weighted by atomic mass is 32.2. The topological polar surface area (TPSA) is 38.9 Å². The maximum absolute atomic E-state index is 5.74. The van der Waals surface area contributed by atoms with Crippen LogP contribution < -0.4 is 5.73 Å². The Kier molecular flexibility index (Phi) is 4.42. The van der Waals surface area contributed by atoms with E-state index in [1.54, 1.807) is 11.8 Å². The van der Waals surface area contributed by atoms with Gasteiger partial charge in [-0.3, -0.25) is 0 Å². The van der Waals surface area contributed by atoms with Crippen molar-refractivity contribution >= 4 is 11.8 Å². The molecule has 1 heterocycles. The number of rotatable bonds is 4. The van der Waals surface area contributed by atoms with Crippen molar-refractivity contribution in [2.75, 3.05) is 5.75 Å². The van der Waals surface area contributed by atoms with E-state index >= 15 is 0 Å². The molecule has 3 heteroatoms. The van der Waals surface area contributed by atoms with Crippen molar-refractivity contribution in [2.45, 2.75) is 38.3 Å². The number of pyridine rings is 1. The summed E-state index contributed by atoms with van der Waals surface area (Å²) in [6, 6.07) is 2.40. The first-order valence-corrected chi connectivity index (χ1v) is 5.96. The standard InChI is InChI=1S/C11H18N2S/c1-4-14-11-8(2)5-10(7-13-11)6-9(3)12/h5,7,9H,4,6,12H2,1-3H3. The van der Waals surface area contributed by atoms with Crippen LogP contribution in [0.15, 0.2) is 17.3 Å². The smallest absolute Gasteiger partial charge is 0.0989 e. The molecule has 0 saturated heterocycles. The molecule has 0 spiro atoms. The lowest BCUT2D eigenvalue weighted by Crippen LogP contribution is -2.17. The molecule has 2 nitrogen and oxygen atoms in total. The molecule has 1 rings (SSSR count). The fraction of sp³-hybridized carbons (Fsp3) is 0.545. The Bertz CT molecular complexity index is 297. The predicted octanol–water partition coefficient (Wildman–Crippen LogP) is 2.39. The van der Waals surface area contributed by atoms with Gasteiger partial charge in [-0.1, -0.05) is 13.0 Å². The van der Waals surface area contributed by atoms with Crippen molar-refractivity contribution in [1.82, 2.24) is 4.98 Å². The minimum atomic E-state index is 0.209. The average molecular weight is 210 g/mol. The summed E-state index contributed by atoms with van der Waals surface area (Å²) in [4.78, 5) is 4.43. The summed E-state index contributed by atoms with van der Waals surface area (Å²) in [7, 11) is 0. The molecule has 0 aliphatic rings. The molecule has 0 aromatic carbocycles. The lowest BCUT2D eigenvalue weighted by atomic mass is 10.1. The fourth-order valence-corrected chi connectivity index (χ4v) is 2.08. The Labute approximate surface area is 90.3 Å². The van der Waals surface area contributed by atoms with Gasteiger partial charge in [0, 0.05) is 12.2 Å². The van der Waals surface area contributed by atoms with Crippen molar-refractivity contribution in [1.29, 1.82) is 0 Å². The summed E-state index contributed by atoms with van der Waals surface area (Å²) in [6.07, 6.45) is 2.85. The minimum Gasteiger partial charge on any atom is -0.328 e. The van der Waals surface area contributed by atoms with Gasteiger partial charge in [-0.2, -0.15) is 0 Å². The molecule has 0 bridgehead atoms. The normalized spacial score (nSPS) is 12.9. The zero-order valence-electron chi connectivity index (χ0n) is 9.08. The molecule has 0 aliphatic carbocycles. The molecule has 0 aliphatic heterocycles. The summed E-state index contributed by atoms with van der Waals surface area (Å²) in [5, 5.41) is 1.14. The number of thioether (sulfide) groups is 1. The fourth-order valence-electron chi connectivity index (χ4n) is 1.39. The van der Waals surface area contributed by atoms with Crippen molar-refractivity contribution in [3.8, 4) is 0 Å². The minimum absolute atomic E-state index is 0.209. The zero-order valence-corrected chi connectivity index (χ0v) is 9.90. The van der Waals surface area contributed by atoms with E-state index in [-0.39, 0.29) is 6.04 Å². The van der Waals surface area contributed by atoms with Crippen molar-refractivity contribution in [3.63, 3.8) is 0 Å². The molecule has 1 aromatic heterocycles. The maximum atomic E-state index is 5.74. The van der Waals surface area contributed by atoms with Crippen LogP contribution in [0, 0.1) is 6.92 Å². The van der Waals surface area contributed by atoms with Crippen molar-refractivity contribution < 1.29 is 0 Å². The van der Waals surface area contributed by atoms with Crippen LogP contribution in [0.1, 0.15) is 25.0 Å². The van der Waals surface area contributed by atoms with E-state index in [0.29, 0.717) is 0 Å². The average Bonchev–Trinajstić information content (AvgIpc) is 2.09. The number of nitrogens with two attached hydrogens (primary N) is 1. The maximum Gasteiger partial charge on any atom is 0.0989 e. The molecule has 0 amide bonds. The van der Waals surface area contributed by atoms with E-state index in [4.69, 9.17) is 5.73 Å². The number of aryl methyl sites for hydroxylation is 1. The van der Waals surface area contributed by atoms with Crippen LogP contribution in [0.5, 0.6) is 0 Å². The number of hydrogen-bond donors (Lipinski definition) is 1. The number of aromatic nitrogens is 1. The van der Waals surface area contributed by atoms with Gasteiger partial charge < -0.3 is 5.73 Å². The third-order valence-electron chi connectivity index (χ3n) is 1.93. The van der Waals surface area contributed by atoms with Crippen LogP contribution in [-0.2, 0) is 6.42 Å². The first kappa shape index (κ1) is 11.5. The molecule has 1 unspecified atom stereocenters. The van der Waals surface area contributed by atoms with E-state index in [2.05, 4.69) is 24.9 Å². The SMILES string of the molecule is CCSc1ncc(CC(C)N)cc1C. The molecule has 0 fully saturated rings. The summed E-state index contributed by atoms with van der Waals surface area (Å²) in [6.45, 7) is 6.27. The summed E-state index contributed by atoms with van der Waals surface area (Å²) >= 11 is 1.79. The quantitative estimate of drug-likeness (QED) is 0.776. The molecule has 1 aromatic rings. The van der Waals surface area contributed by atoms with Gasteiger partial charge in [0.25, 0.3) is 0 Å². The van der Waals surface area contributed by atoms with E-state index in [1.807, 2.05) is 13.1 Å². The van der Waals surface area contributed by atoms with E-state index in [9.17, 15) is 0 Å². The van der Waals surface area contributed by atoms with E-state index < -0.39 is 0 Å². The highest BCUT2D eigenvalue weighted by Gasteiger charge is 2.03. The highest BCUT2D eigenvalue weighted by molar-refractivity contribution is 7.99. The van der Waals surface area contributed by atoms with Gasteiger partial charge >= 0.3 is 0 Å². The molecule has 0 radical (unpaired) electrons. The molecule has 0 saturated carbocycles. The molecule has 1 atom stereocenters. The monoisotopic (exact) mass is 210 g/mol. The summed E-state index contributed by atoms with van der Waals surface area (Å²) in [5.41, 5.74) is 8.23. The summed E-state index contributed by atoms with van der Waals surface area (Å²) < 4.78 is 0. The molecular formula is C11H18N2S. The van der Waals surface area contributed by atoms with Gasteiger partial charge in [-0.15, -0.1) is 11.8 Å². The molecular weight excluding hydrogens is 192 g/mol. The van der Waals surface area contributed by atoms with E-state index in [0.717, 1.165) is 17.2 Å². The third-order valence-corrected chi connectivity index (χ3v) is 2.92. The number of nitrogens with zero attached hydrogens (tertiary/aromatic N) is 1. The van der Waals surface area contributed by atoms with Gasteiger partial charge in [0.1, 0.15) is 0 Å². The van der Waals surface area contributed by atoms with Gasteiger partial charge in [-0.05, 0) is 37.1 Å². The first-order valence-electron chi connectivity index (χ1n) is 4.97. The predicted molar refractivity (Wildman–Crippen MR) is 62.7 cm³/mol. The van der Waals surface area contributed by atoms with Crippen LogP contribution in [-0.4, -0.2) is 16.8 Å². The van der Waals surface area contributed by atoms with Crippen molar-refractivity contribution in [2.24, 2.45) is 5.73 Å². The Hall–Kier alpha value is -0.540. The van der Waals surface area contributed by atoms with Crippen LogP contribution in [0.25, 0.3) is 0 Å². The highest BCUT2D eigenvalue weighted by Crippen LogP contribution is 2.20. The van der Waals surface area contributed by atoms with Gasteiger partial charge in [0.2, 0.25) is 0 Å². The Balaban J connectivity index is 2.78. The Morgan fingerprint density at radius 2 is 2.29 bits per heavy atom. The van der Waals surface area contributed by atoms with Gasteiger partial charge in [0.15, 0.2) is 0 Å². The largest absolute Gasteiger partial charge is 0.328 e. The third kappa shape index (κ3) is 3.31. The molecule has 78 valence electrons. The lowest BCUT2D eigenvalue weighted by Gasteiger charge is -2.08. The second kappa shape index (κ2) is 5.37. The zero-order chi connectivity index (χ0) is 10.6. The lowest BCUT2D eigenvalue weighted by molar-refractivity contribution is 0.733. The van der Waals surface area contributed by atoms with Gasteiger partial charge in [0.05, 0.1) is 5.03 Å². The molecule has 14 heavy (non-hydrogen) atoms. The van der Waals surface area contributed by atoms with E-state index in [1.165, 1.54) is 11.1 Å². The van der Waals surface area contributed by atoms with Crippen LogP contribution in [0.3, 0.4) is 0 Å². The van der Waals surface area contributed by atoms with Crippen LogP contribution in [0.4, 0.5) is 0 Å². The van der Waals surface area contributed by atoms with Crippen LogP contribution in [0.2, 0.25) is 0 Å². The van der Waals surface area contributed by atoms with Gasteiger partial charge in [-0.25, -0.2) is 4.98 Å². The summed E-state index contributed by atoms with van der Waals surface area (Å²) in [5.74, 6) is 1.07. The first-order chi connectivity index (χ1) is 6.63. The van der Waals surface area contributed by atoms with Crippen molar-refractivity contribution in [3.05, 3.63) is 23.4 Å². The second-order valence-electron chi connectivity index (χ2n) is 3.58. The Morgan fingerprint density at radius 3 is 2.79 bits per heavy atom. The van der Waals surface area contributed by atoms with Crippen LogP contribution >= 0.6 is 11.8 Å². The Morgan fingerprint density at radius 1 is 1.57 bits per heavy atom. The second-order valence-corrected chi connectivity index (χ2v) is 4.83.